The van der Waals surface area contributed by atoms with E-state index in [0.29, 0.717) is 48.5 Å². The number of piperidine rings is 1. The number of hydrogen-bond donors (Lipinski definition) is 3. The van der Waals surface area contributed by atoms with Crippen molar-refractivity contribution in [3.8, 4) is 11.5 Å². The van der Waals surface area contributed by atoms with Gasteiger partial charge in [0.1, 0.15) is 17.6 Å². The number of nitrogens with one attached hydrogen (secondary N) is 3. The molecule has 0 unspecified atom stereocenters. The van der Waals surface area contributed by atoms with E-state index >= 15 is 4.39 Å². The SMILES string of the molecule is C[C@H]1NC(=O)c2ccncc2CCCCCn2c(-c3nc4cc(C(=O)N[C@H]5CNCC[C@@H]5F)c(F)cc4n3C)cc3ccc1nc32. The minimum atomic E-state index is -1.19. The van der Waals surface area contributed by atoms with Crippen molar-refractivity contribution in [1.82, 2.24) is 40.0 Å². The van der Waals surface area contributed by atoms with Crippen LogP contribution in [0.2, 0.25) is 0 Å². The Morgan fingerprint density at radius 1 is 1.11 bits per heavy atom. The molecule has 7 rings (SSSR count). The molecule has 46 heavy (non-hydrogen) atoms. The normalized spacial score (nSPS) is 20.8. The summed E-state index contributed by atoms with van der Waals surface area (Å²) in [7, 11) is 1.82. The van der Waals surface area contributed by atoms with Crippen LogP contribution in [0.15, 0.2) is 48.8 Å². The van der Waals surface area contributed by atoms with Crippen LogP contribution in [0.25, 0.3) is 33.6 Å². The fourth-order valence-corrected chi connectivity index (χ4v) is 6.58. The van der Waals surface area contributed by atoms with Crippen molar-refractivity contribution in [3.05, 3.63) is 77.0 Å². The summed E-state index contributed by atoms with van der Waals surface area (Å²) in [4.78, 5) is 40.4. The number of aryl methyl sites for hydroxylation is 3. The molecular weight excluding hydrogens is 590 g/mol. The quantitative estimate of drug-likeness (QED) is 0.266. The van der Waals surface area contributed by atoms with E-state index < -0.39 is 23.9 Å². The third-order valence-corrected chi connectivity index (χ3v) is 9.19. The van der Waals surface area contributed by atoms with E-state index in [9.17, 15) is 14.0 Å². The molecule has 10 nitrogen and oxygen atoms in total. The summed E-state index contributed by atoms with van der Waals surface area (Å²) in [6.07, 6.45) is 5.95. The fourth-order valence-electron chi connectivity index (χ4n) is 6.58. The first-order valence-electron chi connectivity index (χ1n) is 15.8. The number of benzene rings is 1. The van der Waals surface area contributed by atoms with E-state index in [4.69, 9.17) is 9.97 Å². The van der Waals surface area contributed by atoms with Gasteiger partial charge in [0, 0.05) is 49.5 Å². The summed E-state index contributed by atoms with van der Waals surface area (Å²) in [6, 6.07) is 9.39. The van der Waals surface area contributed by atoms with Crippen LogP contribution in [0.1, 0.15) is 70.6 Å². The minimum absolute atomic E-state index is 0.153. The fraction of sp³-hybridized carbons (Fsp3) is 0.382. The van der Waals surface area contributed by atoms with Crippen LogP contribution in [0.4, 0.5) is 8.78 Å². The molecule has 12 heteroatoms. The summed E-state index contributed by atoms with van der Waals surface area (Å²) in [5, 5.41) is 9.73. The number of nitrogens with zero attached hydrogens (tertiary/aromatic N) is 5. The maximum Gasteiger partial charge on any atom is 0.254 e. The molecule has 6 heterocycles. The number of hydrogen-bond acceptors (Lipinski definition) is 6. The lowest BCUT2D eigenvalue weighted by molar-refractivity contribution is 0.0887. The Morgan fingerprint density at radius 2 is 1.98 bits per heavy atom. The van der Waals surface area contributed by atoms with Gasteiger partial charge in [-0.25, -0.2) is 18.7 Å². The first-order chi connectivity index (χ1) is 22.3. The Labute approximate surface area is 264 Å². The van der Waals surface area contributed by atoms with Gasteiger partial charge in [0.05, 0.1) is 40.1 Å². The number of alkyl halides is 1. The molecule has 3 atom stereocenters. The lowest BCUT2D eigenvalue weighted by Crippen LogP contribution is -2.52. The number of pyridine rings is 2. The summed E-state index contributed by atoms with van der Waals surface area (Å²) in [6.45, 7) is 3.43. The Bertz CT molecular complexity index is 1970. The van der Waals surface area contributed by atoms with Gasteiger partial charge in [-0.05, 0) is 75.0 Å². The Kier molecular flexibility index (Phi) is 7.97. The minimum Gasteiger partial charge on any atom is -0.345 e. The predicted octanol–water partition coefficient (Wildman–Crippen LogP) is 4.77. The second-order valence-corrected chi connectivity index (χ2v) is 12.3. The van der Waals surface area contributed by atoms with Crippen molar-refractivity contribution in [2.24, 2.45) is 7.05 Å². The van der Waals surface area contributed by atoms with Crippen molar-refractivity contribution >= 4 is 33.9 Å². The molecule has 4 aromatic heterocycles. The summed E-state index contributed by atoms with van der Waals surface area (Å²) < 4.78 is 33.7. The molecule has 1 saturated heterocycles. The average Bonchev–Trinajstić information content (AvgIpc) is 3.57. The molecule has 2 amide bonds. The Hall–Kier alpha value is -4.71. The van der Waals surface area contributed by atoms with Crippen LogP contribution >= 0.6 is 0 Å². The van der Waals surface area contributed by atoms with Crippen LogP contribution in [-0.4, -0.2) is 61.2 Å². The van der Waals surface area contributed by atoms with Gasteiger partial charge in [0.2, 0.25) is 0 Å². The molecule has 0 radical (unpaired) electrons. The number of carbonyl (C=O) groups excluding carboxylic acids is 2. The standard InChI is InChI=1S/C34H36F2N8O2/c1-19-26-8-7-20-14-30(44(31(20)40-26)13-5-3-4-6-21-17-37-11-9-22(21)33(45)39-19)32-41-27-15-23(25(36)16-29(27)43(32)2)34(46)42-28-18-38-12-10-24(28)35/h7-9,11,14-17,19,24,28,38H,3-6,10,12-13,18H2,1-2H3,(H,39,45)(H,42,46)/t19-,24+,28+/m1/s1. The first kappa shape index (κ1) is 30.0. The molecule has 0 aliphatic carbocycles. The molecule has 1 fully saturated rings. The number of fused-ring (bicyclic) bond motifs is 3. The maximum absolute atomic E-state index is 15.3. The number of imidazole rings is 1. The highest BCUT2D eigenvalue weighted by atomic mass is 19.1. The lowest BCUT2D eigenvalue weighted by Gasteiger charge is -2.27. The molecule has 5 aromatic rings. The monoisotopic (exact) mass is 626 g/mol. The second-order valence-electron chi connectivity index (χ2n) is 12.3. The molecule has 3 N–H and O–H groups in total. The summed E-state index contributed by atoms with van der Waals surface area (Å²) >= 11 is 0. The Morgan fingerprint density at radius 3 is 2.83 bits per heavy atom. The largest absolute Gasteiger partial charge is 0.345 e. The van der Waals surface area contributed by atoms with E-state index in [1.165, 1.54) is 12.1 Å². The molecule has 2 bridgehead atoms. The number of amides is 2. The number of carbonyl (C=O) groups is 2. The molecule has 0 spiro atoms. The van der Waals surface area contributed by atoms with Crippen LogP contribution in [-0.2, 0) is 20.0 Å². The zero-order chi connectivity index (χ0) is 31.9. The number of rotatable bonds is 3. The van der Waals surface area contributed by atoms with E-state index in [1.54, 1.807) is 18.5 Å². The van der Waals surface area contributed by atoms with Crippen LogP contribution in [0.5, 0.6) is 0 Å². The van der Waals surface area contributed by atoms with E-state index in [-0.39, 0.29) is 17.5 Å². The average molecular weight is 627 g/mol. The molecule has 1 aromatic carbocycles. The lowest BCUT2D eigenvalue weighted by atomic mass is 10.0. The van der Waals surface area contributed by atoms with Crippen molar-refractivity contribution in [2.45, 2.75) is 63.8 Å². The third kappa shape index (κ3) is 5.51. The molecular formula is C34H36F2N8O2. The topological polar surface area (TPSA) is 119 Å². The van der Waals surface area contributed by atoms with Gasteiger partial charge in [-0.3, -0.25) is 14.6 Å². The molecule has 0 saturated carbocycles. The van der Waals surface area contributed by atoms with Crippen LogP contribution in [0, 0.1) is 5.82 Å². The van der Waals surface area contributed by atoms with Crippen molar-refractivity contribution < 1.29 is 18.4 Å². The molecule has 238 valence electrons. The van der Waals surface area contributed by atoms with Gasteiger partial charge in [-0.15, -0.1) is 0 Å². The predicted molar refractivity (Wildman–Crippen MR) is 171 cm³/mol. The molecule has 2 aliphatic rings. The number of aromatic nitrogens is 5. The van der Waals surface area contributed by atoms with E-state index in [1.807, 2.05) is 36.7 Å². The van der Waals surface area contributed by atoms with Gasteiger partial charge < -0.3 is 25.1 Å². The third-order valence-electron chi connectivity index (χ3n) is 9.19. The highest BCUT2D eigenvalue weighted by Crippen LogP contribution is 2.32. The van der Waals surface area contributed by atoms with Crippen LogP contribution in [0.3, 0.4) is 0 Å². The van der Waals surface area contributed by atoms with E-state index in [2.05, 4.69) is 25.5 Å². The smallest absolute Gasteiger partial charge is 0.254 e. The van der Waals surface area contributed by atoms with E-state index in [0.717, 1.165) is 53.7 Å². The highest BCUT2D eigenvalue weighted by molar-refractivity contribution is 5.99. The van der Waals surface area contributed by atoms with Crippen LogP contribution < -0.4 is 16.0 Å². The van der Waals surface area contributed by atoms with Crippen molar-refractivity contribution in [2.75, 3.05) is 13.1 Å². The summed E-state index contributed by atoms with van der Waals surface area (Å²) in [5.74, 6) is -0.907. The van der Waals surface area contributed by atoms with Gasteiger partial charge in [-0.2, -0.15) is 0 Å². The highest BCUT2D eigenvalue weighted by Gasteiger charge is 2.28. The second kappa shape index (κ2) is 12.2. The maximum atomic E-state index is 15.3. The Balaban J connectivity index is 1.26. The van der Waals surface area contributed by atoms with Gasteiger partial charge in [0.25, 0.3) is 11.8 Å². The van der Waals surface area contributed by atoms with Crippen molar-refractivity contribution in [3.63, 3.8) is 0 Å². The van der Waals surface area contributed by atoms with Gasteiger partial charge in [-0.1, -0.05) is 6.42 Å². The molecule has 2 aliphatic heterocycles. The zero-order valence-corrected chi connectivity index (χ0v) is 25.8. The van der Waals surface area contributed by atoms with Gasteiger partial charge in [0.15, 0.2) is 5.82 Å². The first-order valence-corrected chi connectivity index (χ1v) is 15.8. The number of halogens is 2. The van der Waals surface area contributed by atoms with Gasteiger partial charge >= 0.3 is 0 Å². The van der Waals surface area contributed by atoms with Crippen molar-refractivity contribution in [1.29, 1.82) is 0 Å². The summed E-state index contributed by atoms with van der Waals surface area (Å²) in [5.41, 5.74) is 4.70. The zero-order valence-electron chi connectivity index (χ0n) is 25.8.